The summed E-state index contributed by atoms with van der Waals surface area (Å²) in [5.41, 5.74) is 1.93. The number of rotatable bonds is 7. The number of nitrogens with zero attached hydrogens (tertiary/aromatic N) is 1. The summed E-state index contributed by atoms with van der Waals surface area (Å²) in [6.45, 7) is 4.15. The summed E-state index contributed by atoms with van der Waals surface area (Å²) in [5.74, 6) is 0.761. The number of anilines is 1. The largest absolute Gasteiger partial charge is 0.486 e. The lowest BCUT2D eigenvalue weighted by atomic mass is 10.1. The fourth-order valence-corrected chi connectivity index (χ4v) is 5.33. The zero-order chi connectivity index (χ0) is 25.2. The van der Waals surface area contributed by atoms with Gasteiger partial charge in [-0.05, 0) is 61.9 Å². The van der Waals surface area contributed by atoms with Crippen LogP contribution in [0.3, 0.4) is 0 Å². The molecule has 3 aromatic carbocycles. The zero-order valence-corrected chi connectivity index (χ0v) is 21.5. The Morgan fingerprint density at radius 1 is 0.971 bits per heavy atom. The lowest BCUT2D eigenvalue weighted by molar-refractivity contribution is -0.120. The molecule has 1 N–H and O–H groups in total. The number of carbonyl (C=O) groups is 1. The minimum atomic E-state index is -4.07. The highest BCUT2D eigenvalue weighted by Gasteiger charge is 2.28. The molecule has 1 aliphatic rings. The predicted octanol–water partition coefficient (Wildman–Crippen LogP) is 5.15. The van der Waals surface area contributed by atoms with Gasteiger partial charge in [0.1, 0.15) is 19.8 Å². The van der Waals surface area contributed by atoms with Crippen molar-refractivity contribution in [2.45, 2.75) is 24.8 Å². The highest BCUT2D eigenvalue weighted by Crippen LogP contribution is 2.33. The van der Waals surface area contributed by atoms with Crippen molar-refractivity contribution in [3.05, 3.63) is 81.8 Å². The molecule has 0 radical (unpaired) electrons. The van der Waals surface area contributed by atoms with E-state index >= 15 is 0 Å². The van der Waals surface area contributed by atoms with Crippen molar-refractivity contribution in [2.24, 2.45) is 0 Å². The number of amides is 1. The van der Waals surface area contributed by atoms with E-state index in [0.29, 0.717) is 24.7 Å². The van der Waals surface area contributed by atoms with Gasteiger partial charge in [0.15, 0.2) is 11.5 Å². The smallest absolute Gasteiger partial charge is 0.264 e. The Hall–Kier alpha value is -2.94. The van der Waals surface area contributed by atoms with Gasteiger partial charge in [0.25, 0.3) is 10.0 Å². The average Bonchev–Trinajstić information content (AvgIpc) is 2.84. The van der Waals surface area contributed by atoms with E-state index in [0.717, 1.165) is 15.4 Å². The van der Waals surface area contributed by atoms with Gasteiger partial charge in [-0.1, -0.05) is 47.0 Å². The molecule has 35 heavy (non-hydrogen) atoms. The number of hydrogen-bond acceptors (Lipinski definition) is 5. The quantitative estimate of drug-likeness (QED) is 0.453. The molecule has 0 unspecified atom stereocenters. The number of sulfonamides is 1. The molecule has 3 aromatic rings. The zero-order valence-electron chi connectivity index (χ0n) is 19.1. The first kappa shape index (κ1) is 25.2. The van der Waals surface area contributed by atoms with Crippen molar-refractivity contribution in [3.8, 4) is 11.5 Å². The molecular formula is C25H24Cl2N2O5S. The molecule has 0 saturated carbocycles. The van der Waals surface area contributed by atoms with E-state index in [2.05, 4.69) is 5.32 Å². The molecule has 1 amide bonds. The molecule has 1 atom stereocenters. The van der Waals surface area contributed by atoms with Crippen molar-refractivity contribution < 1.29 is 22.7 Å². The van der Waals surface area contributed by atoms with Crippen LogP contribution >= 0.6 is 23.2 Å². The highest BCUT2D eigenvalue weighted by molar-refractivity contribution is 7.92. The van der Waals surface area contributed by atoms with Crippen LogP contribution in [0.5, 0.6) is 11.5 Å². The first-order chi connectivity index (χ1) is 16.6. The molecule has 184 valence electrons. The third-order valence-corrected chi connectivity index (χ3v) is 8.06. The second kappa shape index (κ2) is 10.4. The standard InChI is InChI=1S/C25H24Cl2N2O5S/c1-16-3-7-20(8-4-16)35(31,32)29(19-6-9-21(26)22(27)14-19)15-25(30)28-17(2)18-5-10-23-24(13-18)34-12-11-33-23/h3-10,13-14,17H,11-12,15H2,1-2H3,(H,28,30)/t17-/m1/s1. The van der Waals surface area contributed by atoms with E-state index in [1.807, 2.05) is 13.0 Å². The van der Waals surface area contributed by atoms with Gasteiger partial charge < -0.3 is 14.8 Å². The Bertz CT molecular complexity index is 1350. The maximum atomic E-state index is 13.5. The third kappa shape index (κ3) is 5.66. The second-order valence-corrected chi connectivity index (χ2v) is 10.8. The molecule has 0 aliphatic carbocycles. The number of benzene rings is 3. The van der Waals surface area contributed by atoms with E-state index in [-0.39, 0.29) is 20.6 Å². The third-order valence-electron chi connectivity index (χ3n) is 5.53. The molecule has 0 fully saturated rings. The van der Waals surface area contributed by atoms with Gasteiger partial charge in [-0.3, -0.25) is 9.10 Å². The van der Waals surface area contributed by atoms with Crippen LogP contribution in [0.25, 0.3) is 0 Å². The summed E-state index contributed by atoms with van der Waals surface area (Å²) in [7, 11) is -4.07. The van der Waals surface area contributed by atoms with Crippen molar-refractivity contribution in [1.29, 1.82) is 0 Å². The van der Waals surface area contributed by atoms with Gasteiger partial charge in [0.2, 0.25) is 5.91 Å². The molecule has 7 nitrogen and oxygen atoms in total. The van der Waals surface area contributed by atoms with Crippen LogP contribution in [-0.4, -0.2) is 34.1 Å². The van der Waals surface area contributed by atoms with Crippen molar-refractivity contribution in [3.63, 3.8) is 0 Å². The summed E-state index contributed by atoms with van der Waals surface area (Å²) < 4.78 is 39.2. The first-order valence-electron chi connectivity index (χ1n) is 10.9. The number of aryl methyl sites for hydroxylation is 1. The molecule has 0 aromatic heterocycles. The molecule has 1 heterocycles. The predicted molar refractivity (Wildman–Crippen MR) is 136 cm³/mol. The normalized spacial score (nSPS) is 13.7. The monoisotopic (exact) mass is 534 g/mol. The average molecular weight is 535 g/mol. The Morgan fingerprint density at radius 2 is 1.66 bits per heavy atom. The Kier molecular flexibility index (Phi) is 7.44. The second-order valence-electron chi connectivity index (χ2n) is 8.12. The van der Waals surface area contributed by atoms with Gasteiger partial charge in [0, 0.05) is 0 Å². The summed E-state index contributed by atoms with van der Waals surface area (Å²) >= 11 is 12.2. The summed E-state index contributed by atoms with van der Waals surface area (Å²) in [6, 6.07) is 15.9. The van der Waals surface area contributed by atoms with Crippen molar-refractivity contribution >= 4 is 44.8 Å². The van der Waals surface area contributed by atoms with Gasteiger partial charge in [-0.2, -0.15) is 0 Å². The maximum absolute atomic E-state index is 13.5. The van der Waals surface area contributed by atoms with Gasteiger partial charge in [-0.25, -0.2) is 8.42 Å². The van der Waals surface area contributed by atoms with E-state index < -0.39 is 28.5 Å². The van der Waals surface area contributed by atoms with Crippen LogP contribution in [0.2, 0.25) is 10.0 Å². The van der Waals surface area contributed by atoms with Crippen molar-refractivity contribution in [2.75, 3.05) is 24.1 Å². The fraction of sp³-hybridized carbons (Fsp3) is 0.240. The van der Waals surface area contributed by atoms with Crippen LogP contribution in [0, 0.1) is 6.92 Å². The molecule has 10 heteroatoms. The van der Waals surface area contributed by atoms with Crippen LogP contribution in [0.4, 0.5) is 5.69 Å². The first-order valence-corrected chi connectivity index (χ1v) is 13.1. The Morgan fingerprint density at radius 3 is 2.34 bits per heavy atom. The van der Waals surface area contributed by atoms with E-state index in [1.54, 1.807) is 31.2 Å². The topological polar surface area (TPSA) is 84.9 Å². The number of nitrogens with one attached hydrogen (secondary N) is 1. The van der Waals surface area contributed by atoms with Crippen molar-refractivity contribution in [1.82, 2.24) is 5.32 Å². The molecular weight excluding hydrogens is 511 g/mol. The lowest BCUT2D eigenvalue weighted by Crippen LogP contribution is -2.41. The SMILES string of the molecule is Cc1ccc(S(=O)(=O)N(CC(=O)N[C@H](C)c2ccc3c(c2)OCCO3)c2ccc(Cl)c(Cl)c2)cc1. The van der Waals surface area contributed by atoms with Crippen LogP contribution in [0.1, 0.15) is 24.1 Å². The fourth-order valence-electron chi connectivity index (χ4n) is 3.62. The summed E-state index contributed by atoms with van der Waals surface area (Å²) in [6.07, 6.45) is 0. The number of fused-ring (bicyclic) bond motifs is 1. The molecule has 0 spiro atoms. The van der Waals surface area contributed by atoms with E-state index in [1.165, 1.54) is 30.3 Å². The van der Waals surface area contributed by atoms with Gasteiger partial charge in [0.05, 0.1) is 26.7 Å². The van der Waals surface area contributed by atoms with Crippen LogP contribution in [0.15, 0.2) is 65.6 Å². The van der Waals surface area contributed by atoms with Crippen LogP contribution in [-0.2, 0) is 14.8 Å². The van der Waals surface area contributed by atoms with E-state index in [9.17, 15) is 13.2 Å². The highest BCUT2D eigenvalue weighted by atomic mass is 35.5. The maximum Gasteiger partial charge on any atom is 0.264 e. The van der Waals surface area contributed by atoms with Gasteiger partial charge in [-0.15, -0.1) is 0 Å². The Balaban J connectivity index is 1.59. The lowest BCUT2D eigenvalue weighted by Gasteiger charge is -2.26. The Labute approximate surface area is 214 Å². The van der Waals surface area contributed by atoms with Crippen LogP contribution < -0.4 is 19.1 Å². The molecule has 0 saturated heterocycles. The molecule has 4 rings (SSSR count). The molecule has 0 bridgehead atoms. The van der Waals surface area contributed by atoms with Gasteiger partial charge >= 0.3 is 0 Å². The number of ether oxygens (including phenoxy) is 2. The molecule has 1 aliphatic heterocycles. The minimum absolute atomic E-state index is 0.0573. The number of carbonyl (C=O) groups excluding carboxylic acids is 1. The minimum Gasteiger partial charge on any atom is -0.486 e. The van der Waals surface area contributed by atoms with E-state index in [4.69, 9.17) is 32.7 Å². The summed E-state index contributed by atoms with van der Waals surface area (Å²) in [5, 5.41) is 3.32. The number of hydrogen-bond donors (Lipinski definition) is 1. The summed E-state index contributed by atoms with van der Waals surface area (Å²) in [4.78, 5) is 13.1. The number of halogens is 2.